The van der Waals surface area contributed by atoms with Gasteiger partial charge in [0.2, 0.25) is 5.29 Å². The molecule has 18 heavy (non-hydrogen) atoms. The van der Waals surface area contributed by atoms with Gasteiger partial charge < -0.3 is 4.57 Å². The number of nitrogens with one attached hydrogen (secondary N) is 1. The lowest BCUT2D eigenvalue weighted by Gasteiger charge is -2.07. The van der Waals surface area contributed by atoms with Crippen molar-refractivity contribution in [1.82, 2.24) is 4.57 Å². The van der Waals surface area contributed by atoms with Gasteiger partial charge in [-0.25, -0.2) is 4.99 Å². The van der Waals surface area contributed by atoms with E-state index in [0.717, 1.165) is 22.0 Å². The number of hydrogen-bond acceptors (Lipinski definition) is 1. The summed E-state index contributed by atoms with van der Waals surface area (Å²) in [6, 6.07) is 8.01. The number of allylic oxidation sites excluding steroid dienone is 1. The topological polar surface area (TPSA) is 41.1 Å². The average molecular weight is 260 g/mol. The van der Waals surface area contributed by atoms with Crippen LogP contribution >= 0.6 is 11.6 Å². The minimum absolute atomic E-state index is 0.235. The minimum Gasteiger partial charge on any atom is -0.351 e. The second-order valence-electron chi connectivity index (χ2n) is 4.20. The number of aliphatic imine (C=N–C) groups is 1. The Hall–Kier alpha value is -1.87. The van der Waals surface area contributed by atoms with Crippen LogP contribution in [0, 0.1) is 5.41 Å². The lowest BCUT2D eigenvalue weighted by molar-refractivity contribution is 0.969. The van der Waals surface area contributed by atoms with Crippen LogP contribution in [0.4, 0.5) is 0 Å². The summed E-state index contributed by atoms with van der Waals surface area (Å²) < 4.78 is 2.04. The largest absolute Gasteiger partial charge is 0.351 e. The van der Waals surface area contributed by atoms with Gasteiger partial charge in [0.25, 0.3) is 0 Å². The molecule has 0 atom stereocenters. The van der Waals surface area contributed by atoms with E-state index in [9.17, 15) is 0 Å². The standard InChI is InChI=1S/C14H14ClN3/c1-9(2)13(17-14(15)16)11-5-4-6-12-10(11)7-8-18(12)3/h4-8,16H,1H2,2-3H3/b16-14?,17-13+. The fraction of sp³-hybridized carbons (Fsp3) is 0.143. The fourth-order valence-electron chi connectivity index (χ4n) is 1.99. The molecule has 1 heterocycles. The van der Waals surface area contributed by atoms with Gasteiger partial charge in [-0.1, -0.05) is 18.7 Å². The highest BCUT2D eigenvalue weighted by Gasteiger charge is 2.11. The molecular weight excluding hydrogens is 246 g/mol. The molecule has 1 N–H and O–H groups in total. The number of halogens is 1. The van der Waals surface area contributed by atoms with E-state index in [-0.39, 0.29) is 5.29 Å². The minimum atomic E-state index is -0.235. The van der Waals surface area contributed by atoms with Crippen molar-refractivity contribution < 1.29 is 0 Å². The number of rotatable bonds is 2. The maximum Gasteiger partial charge on any atom is 0.215 e. The van der Waals surface area contributed by atoms with Crippen LogP contribution in [0.5, 0.6) is 0 Å². The molecule has 0 aliphatic rings. The molecule has 0 unspecified atom stereocenters. The second kappa shape index (κ2) is 4.78. The SMILES string of the molecule is C=C(C)/C(=N\C(=N)Cl)c1cccc2c1ccn2C. The highest BCUT2D eigenvalue weighted by molar-refractivity contribution is 6.65. The molecule has 2 aromatic rings. The van der Waals surface area contributed by atoms with E-state index in [1.165, 1.54) is 0 Å². The van der Waals surface area contributed by atoms with E-state index in [1.807, 2.05) is 49.0 Å². The van der Waals surface area contributed by atoms with E-state index >= 15 is 0 Å². The molecule has 92 valence electrons. The number of aromatic nitrogens is 1. The van der Waals surface area contributed by atoms with Crippen molar-refractivity contribution in [2.24, 2.45) is 12.0 Å². The third-order valence-corrected chi connectivity index (χ3v) is 2.88. The van der Waals surface area contributed by atoms with Crippen molar-refractivity contribution in [3.05, 3.63) is 48.2 Å². The van der Waals surface area contributed by atoms with Crippen molar-refractivity contribution in [2.75, 3.05) is 0 Å². The fourth-order valence-corrected chi connectivity index (χ4v) is 2.08. The summed E-state index contributed by atoms with van der Waals surface area (Å²) in [5.74, 6) is 0. The number of hydrogen-bond donors (Lipinski definition) is 1. The third-order valence-electron chi connectivity index (χ3n) is 2.80. The van der Waals surface area contributed by atoms with Crippen LogP contribution in [-0.4, -0.2) is 15.6 Å². The first kappa shape index (κ1) is 12.6. The normalized spacial score (nSPS) is 11.8. The quantitative estimate of drug-likeness (QED) is 0.485. The summed E-state index contributed by atoms with van der Waals surface area (Å²) in [6.07, 6.45) is 2.00. The first-order valence-corrected chi connectivity index (χ1v) is 5.91. The Balaban J connectivity index is 2.72. The monoisotopic (exact) mass is 259 g/mol. The molecule has 0 aliphatic heterocycles. The Morgan fingerprint density at radius 2 is 2.11 bits per heavy atom. The molecule has 1 aromatic carbocycles. The molecule has 0 bridgehead atoms. The molecule has 0 amide bonds. The summed E-state index contributed by atoms with van der Waals surface area (Å²) >= 11 is 5.57. The van der Waals surface area contributed by atoms with E-state index in [1.54, 1.807) is 0 Å². The van der Waals surface area contributed by atoms with Crippen molar-refractivity contribution in [3.63, 3.8) is 0 Å². The van der Waals surface area contributed by atoms with Crippen molar-refractivity contribution in [1.29, 1.82) is 5.41 Å². The van der Waals surface area contributed by atoms with E-state index in [4.69, 9.17) is 17.0 Å². The summed E-state index contributed by atoms with van der Waals surface area (Å²) in [5, 5.41) is 8.16. The maximum atomic E-state index is 7.31. The van der Waals surface area contributed by atoms with Crippen LogP contribution in [-0.2, 0) is 7.05 Å². The first-order chi connectivity index (χ1) is 8.50. The van der Waals surface area contributed by atoms with Crippen LogP contribution in [0.1, 0.15) is 12.5 Å². The first-order valence-electron chi connectivity index (χ1n) is 5.53. The summed E-state index contributed by atoms with van der Waals surface area (Å²) in [6.45, 7) is 5.77. The number of aryl methyl sites for hydroxylation is 1. The molecule has 0 aliphatic carbocycles. The van der Waals surface area contributed by atoms with E-state index < -0.39 is 0 Å². The predicted molar refractivity (Wildman–Crippen MR) is 77.8 cm³/mol. The van der Waals surface area contributed by atoms with Crippen molar-refractivity contribution in [2.45, 2.75) is 6.92 Å². The zero-order chi connectivity index (χ0) is 13.3. The van der Waals surface area contributed by atoms with Gasteiger partial charge in [-0.05, 0) is 36.2 Å². The lowest BCUT2D eigenvalue weighted by Crippen LogP contribution is -2.04. The molecule has 2 rings (SSSR count). The Bertz CT molecular complexity index is 665. The van der Waals surface area contributed by atoms with E-state index in [2.05, 4.69) is 11.6 Å². The molecule has 3 nitrogen and oxygen atoms in total. The maximum absolute atomic E-state index is 7.31. The Labute approximate surface area is 111 Å². The molecule has 4 heteroatoms. The zero-order valence-electron chi connectivity index (χ0n) is 10.4. The summed E-state index contributed by atoms with van der Waals surface area (Å²) in [4.78, 5) is 4.06. The molecule has 0 radical (unpaired) electrons. The number of benzene rings is 1. The van der Waals surface area contributed by atoms with Crippen LogP contribution < -0.4 is 0 Å². The molecule has 0 spiro atoms. The molecule has 0 saturated heterocycles. The molecular formula is C14H14ClN3. The van der Waals surface area contributed by atoms with Crippen LogP contribution in [0.25, 0.3) is 10.9 Å². The summed E-state index contributed by atoms with van der Waals surface area (Å²) in [5.41, 5.74) is 3.51. The highest BCUT2D eigenvalue weighted by Crippen LogP contribution is 2.22. The molecule has 1 aromatic heterocycles. The number of fused-ring (bicyclic) bond motifs is 1. The van der Waals surface area contributed by atoms with Gasteiger partial charge in [0.15, 0.2) is 0 Å². The van der Waals surface area contributed by atoms with Gasteiger partial charge >= 0.3 is 0 Å². The molecule has 0 fully saturated rings. The van der Waals surface area contributed by atoms with Crippen LogP contribution in [0.2, 0.25) is 0 Å². The van der Waals surface area contributed by atoms with Gasteiger partial charge in [-0.3, -0.25) is 5.41 Å². The van der Waals surface area contributed by atoms with Crippen molar-refractivity contribution >= 4 is 33.5 Å². The smallest absolute Gasteiger partial charge is 0.215 e. The van der Waals surface area contributed by atoms with Gasteiger partial charge in [0.1, 0.15) is 0 Å². The van der Waals surface area contributed by atoms with E-state index in [0.29, 0.717) is 5.71 Å². The predicted octanol–water partition coefficient (Wildman–Crippen LogP) is 3.72. The van der Waals surface area contributed by atoms with Crippen LogP contribution in [0.3, 0.4) is 0 Å². The Kier molecular flexibility index (Phi) is 3.34. The third kappa shape index (κ3) is 2.22. The summed E-state index contributed by atoms with van der Waals surface area (Å²) in [7, 11) is 1.99. The second-order valence-corrected chi connectivity index (χ2v) is 4.55. The van der Waals surface area contributed by atoms with Gasteiger partial charge in [0, 0.05) is 29.7 Å². The number of nitrogens with zero attached hydrogens (tertiary/aromatic N) is 2. The average Bonchev–Trinajstić information content (AvgIpc) is 2.68. The number of amidine groups is 1. The lowest BCUT2D eigenvalue weighted by atomic mass is 10.0. The van der Waals surface area contributed by atoms with Crippen molar-refractivity contribution in [3.8, 4) is 0 Å². The van der Waals surface area contributed by atoms with Gasteiger partial charge in [-0.2, -0.15) is 0 Å². The molecule has 0 saturated carbocycles. The highest BCUT2D eigenvalue weighted by atomic mass is 35.5. The zero-order valence-corrected chi connectivity index (χ0v) is 11.1. The van der Waals surface area contributed by atoms with Gasteiger partial charge in [-0.15, -0.1) is 0 Å². The Morgan fingerprint density at radius 3 is 2.72 bits per heavy atom. The van der Waals surface area contributed by atoms with Crippen LogP contribution in [0.15, 0.2) is 47.6 Å². The Morgan fingerprint density at radius 1 is 1.39 bits per heavy atom. The van der Waals surface area contributed by atoms with Gasteiger partial charge in [0.05, 0.1) is 5.71 Å².